The van der Waals surface area contributed by atoms with Crippen LogP contribution in [0, 0.1) is 5.92 Å². The smallest absolute Gasteiger partial charge is 0.251 e. The predicted octanol–water partition coefficient (Wildman–Crippen LogP) is 3.78. The molecule has 1 saturated heterocycles. The SMILES string of the molecule is COCCC1(NC(=O)c2ccccc2)CCN(C(=O)CCC2CCCC2)CC1. The molecule has 2 fully saturated rings. The van der Waals surface area contributed by atoms with Crippen LogP contribution < -0.4 is 5.32 Å². The van der Waals surface area contributed by atoms with Gasteiger partial charge in [0.15, 0.2) is 0 Å². The maximum absolute atomic E-state index is 12.7. The Labute approximate surface area is 168 Å². The number of nitrogens with zero attached hydrogens (tertiary/aromatic N) is 1. The fourth-order valence-electron chi connectivity index (χ4n) is 4.61. The van der Waals surface area contributed by atoms with Gasteiger partial charge in [-0.3, -0.25) is 9.59 Å². The van der Waals surface area contributed by atoms with E-state index in [0.29, 0.717) is 31.7 Å². The zero-order valence-corrected chi connectivity index (χ0v) is 17.1. The average Bonchev–Trinajstić information content (AvgIpc) is 3.25. The number of carbonyl (C=O) groups is 2. The maximum Gasteiger partial charge on any atom is 0.251 e. The largest absolute Gasteiger partial charge is 0.385 e. The summed E-state index contributed by atoms with van der Waals surface area (Å²) in [6.45, 7) is 2.02. The van der Waals surface area contributed by atoms with Crippen molar-refractivity contribution in [1.29, 1.82) is 0 Å². The summed E-state index contributed by atoms with van der Waals surface area (Å²) in [6, 6.07) is 9.33. The van der Waals surface area contributed by atoms with Crippen LogP contribution in [0.2, 0.25) is 0 Å². The molecule has 0 spiro atoms. The van der Waals surface area contributed by atoms with Gasteiger partial charge in [-0.25, -0.2) is 0 Å². The lowest BCUT2D eigenvalue weighted by molar-refractivity contribution is -0.133. The number of likely N-dealkylation sites (tertiary alicyclic amines) is 1. The van der Waals surface area contributed by atoms with Crippen molar-refractivity contribution in [3.63, 3.8) is 0 Å². The van der Waals surface area contributed by atoms with Crippen molar-refractivity contribution in [1.82, 2.24) is 10.2 Å². The van der Waals surface area contributed by atoms with Gasteiger partial charge in [0.2, 0.25) is 5.91 Å². The third-order valence-corrected chi connectivity index (χ3v) is 6.51. The number of carbonyl (C=O) groups excluding carboxylic acids is 2. The number of hydrogen-bond donors (Lipinski definition) is 1. The topological polar surface area (TPSA) is 58.6 Å². The van der Waals surface area contributed by atoms with Crippen LogP contribution in [0.25, 0.3) is 0 Å². The third kappa shape index (κ3) is 5.57. The van der Waals surface area contributed by atoms with Gasteiger partial charge in [-0.15, -0.1) is 0 Å². The quantitative estimate of drug-likeness (QED) is 0.740. The molecule has 1 saturated carbocycles. The van der Waals surface area contributed by atoms with Crippen molar-refractivity contribution in [2.75, 3.05) is 26.8 Å². The second-order valence-corrected chi connectivity index (χ2v) is 8.41. The molecule has 0 atom stereocenters. The van der Waals surface area contributed by atoms with Crippen LogP contribution in [0.15, 0.2) is 30.3 Å². The van der Waals surface area contributed by atoms with Crippen LogP contribution in [-0.4, -0.2) is 49.1 Å². The summed E-state index contributed by atoms with van der Waals surface area (Å²) in [5.74, 6) is 0.985. The monoisotopic (exact) mass is 386 g/mol. The molecule has 0 unspecified atom stereocenters. The van der Waals surface area contributed by atoms with Gasteiger partial charge in [0, 0.05) is 44.3 Å². The van der Waals surface area contributed by atoms with E-state index in [4.69, 9.17) is 4.74 Å². The Bertz CT molecular complexity index is 633. The molecule has 2 aliphatic rings. The fourth-order valence-corrected chi connectivity index (χ4v) is 4.61. The molecule has 1 aliphatic heterocycles. The van der Waals surface area contributed by atoms with E-state index in [1.807, 2.05) is 35.2 Å². The molecular formula is C23H34N2O3. The Morgan fingerprint density at radius 3 is 2.46 bits per heavy atom. The minimum absolute atomic E-state index is 0.0438. The number of benzene rings is 1. The van der Waals surface area contributed by atoms with Gasteiger partial charge in [0.05, 0.1) is 0 Å². The fraction of sp³-hybridized carbons (Fsp3) is 0.652. The first kappa shape index (κ1) is 20.8. The minimum Gasteiger partial charge on any atom is -0.385 e. The molecule has 1 aromatic rings. The van der Waals surface area contributed by atoms with Crippen molar-refractivity contribution in [3.8, 4) is 0 Å². The number of hydrogen-bond acceptors (Lipinski definition) is 3. The Balaban J connectivity index is 1.54. The molecule has 0 radical (unpaired) electrons. The molecule has 0 aromatic heterocycles. The van der Waals surface area contributed by atoms with E-state index < -0.39 is 0 Å². The van der Waals surface area contributed by atoms with Crippen LogP contribution >= 0.6 is 0 Å². The van der Waals surface area contributed by atoms with Crippen molar-refractivity contribution in [3.05, 3.63) is 35.9 Å². The number of nitrogens with one attached hydrogen (secondary N) is 1. The highest BCUT2D eigenvalue weighted by Gasteiger charge is 2.37. The first-order valence-electron chi connectivity index (χ1n) is 10.8. The van der Waals surface area contributed by atoms with Crippen molar-refractivity contribution in [2.24, 2.45) is 5.92 Å². The van der Waals surface area contributed by atoms with Crippen molar-refractivity contribution < 1.29 is 14.3 Å². The molecule has 28 heavy (non-hydrogen) atoms. The molecule has 2 amide bonds. The Morgan fingerprint density at radius 2 is 1.82 bits per heavy atom. The van der Waals surface area contributed by atoms with Gasteiger partial charge in [-0.2, -0.15) is 0 Å². The standard InChI is InChI=1S/C23H34N2O3/c1-28-18-15-23(24-22(27)20-9-3-2-4-10-20)13-16-25(17-14-23)21(26)12-11-19-7-5-6-8-19/h2-4,9-10,19H,5-8,11-18H2,1H3,(H,24,27). The summed E-state index contributed by atoms with van der Waals surface area (Å²) in [7, 11) is 1.69. The molecule has 1 aliphatic carbocycles. The summed E-state index contributed by atoms with van der Waals surface area (Å²) in [5, 5.41) is 3.26. The molecule has 1 aromatic carbocycles. The van der Waals surface area contributed by atoms with Crippen LogP contribution in [0.4, 0.5) is 0 Å². The summed E-state index contributed by atoms with van der Waals surface area (Å²) in [4.78, 5) is 27.3. The van der Waals surface area contributed by atoms with Crippen LogP contribution in [0.5, 0.6) is 0 Å². The van der Waals surface area contributed by atoms with Gasteiger partial charge in [0.1, 0.15) is 0 Å². The number of amides is 2. The van der Waals surface area contributed by atoms with Crippen LogP contribution in [0.3, 0.4) is 0 Å². The zero-order valence-electron chi connectivity index (χ0n) is 17.1. The number of rotatable bonds is 8. The highest BCUT2D eigenvalue weighted by Crippen LogP contribution is 2.30. The normalized spacial score (nSPS) is 19.5. The lowest BCUT2D eigenvalue weighted by atomic mass is 9.84. The maximum atomic E-state index is 12.7. The molecule has 1 heterocycles. The predicted molar refractivity (Wildman–Crippen MR) is 110 cm³/mol. The second-order valence-electron chi connectivity index (χ2n) is 8.41. The number of ether oxygens (including phenoxy) is 1. The summed E-state index contributed by atoms with van der Waals surface area (Å²) in [5.41, 5.74) is 0.375. The first-order chi connectivity index (χ1) is 13.6. The number of piperidine rings is 1. The number of methoxy groups -OCH3 is 1. The Morgan fingerprint density at radius 1 is 1.14 bits per heavy atom. The average molecular weight is 387 g/mol. The van der Waals surface area contributed by atoms with Gasteiger partial charge in [0.25, 0.3) is 5.91 Å². The highest BCUT2D eigenvalue weighted by atomic mass is 16.5. The summed E-state index contributed by atoms with van der Waals surface area (Å²) >= 11 is 0. The molecule has 5 nitrogen and oxygen atoms in total. The van der Waals surface area contributed by atoms with E-state index >= 15 is 0 Å². The molecular weight excluding hydrogens is 352 g/mol. The molecule has 154 valence electrons. The molecule has 5 heteroatoms. The molecule has 1 N–H and O–H groups in total. The van der Waals surface area contributed by atoms with Crippen LogP contribution in [-0.2, 0) is 9.53 Å². The lowest BCUT2D eigenvalue weighted by Crippen LogP contribution is -2.56. The first-order valence-corrected chi connectivity index (χ1v) is 10.8. The van der Waals surface area contributed by atoms with Gasteiger partial charge >= 0.3 is 0 Å². The van der Waals surface area contributed by atoms with Gasteiger partial charge < -0.3 is 15.0 Å². The van der Waals surface area contributed by atoms with E-state index in [1.54, 1.807) is 7.11 Å². The van der Waals surface area contributed by atoms with Gasteiger partial charge in [-0.1, -0.05) is 43.9 Å². The van der Waals surface area contributed by atoms with Gasteiger partial charge in [-0.05, 0) is 43.7 Å². The zero-order chi connectivity index (χ0) is 19.8. The molecule has 0 bridgehead atoms. The Kier molecular flexibility index (Phi) is 7.49. The van der Waals surface area contributed by atoms with E-state index in [0.717, 1.165) is 31.6 Å². The lowest BCUT2D eigenvalue weighted by Gasteiger charge is -2.42. The summed E-state index contributed by atoms with van der Waals surface area (Å²) < 4.78 is 5.29. The van der Waals surface area contributed by atoms with E-state index in [1.165, 1.54) is 25.7 Å². The van der Waals surface area contributed by atoms with E-state index in [9.17, 15) is 9.59 Å². The second kappa shape index (κ2) is 10.1. The van der Waals surface area contributed by atoms with Crippen molar-refractivity contribution in [2.45, 2.75) is 63.3 Å². The minimum atomic E-state index is -0.300. The van der Waals surface area contributed by atoms with Crippen molar-refractivity contribution >= 4 is 11.8 Å². The van der Waals surface area contributed by atoms with E-state index in [2.05, 4.69) is 5.32 Å². The third-order valence-electron chi connectivity index (χ3n) is 6.51. The Hall–Kier alpha value is -1.88. The summed E-state index contributed by atoms with van der Waals surface area (Å²) in [6.07, 6.45) is 9.27. The van der Waals surface area contributed by atoms with E-state index in [-0.39, 0.29) is 17.4 Å². The van der Waals surface area contributed by atoms with Crippen LogP contribution in [0.1, 0.15) is 68.1 Å². The molecule has 3 rings (SSSR count). The highest BCUT2D eigenvalue weighted by molar-refractivity contribution is 5.94.